The zero-order valence-corrected chi connectivity index (χ0v) is 12.4. The molecule has 0 atom stereocenters. The van der Waals surface area contributed by atoms with E-state index >= 15 is 0 Å². The third-order valence-corrected chi connectivity index (χ3v) is 3.27. The number of hydrogen-bond acceptors (Lipinski definition) is 1. The van der Waals surface area contributed by atoms with Crippen LogP contribution in [-0.2, 0) is 4.79 Å². The number of amides is 1. The minimum atomic E-state index is -0.314. The van der Waals surface area contributed by atoms with Crippen molar-refractivity contribution < 1.29 is 9.18 Å². The van der Waals surface area contributed by atoms with Crippen molar-refractivity contribution in [1.29, 1.82) is 0 Å². The van der Waals surface area contributed by atoms with E-state index in [2.05, 4.69) is 21.2 Å². The van der Waals surface area contributed by atoms with Crippen LogP contribution in [0.2, 0.25) is 0 Å². The van der Waals surface area contributed by atoms with Gasteiger partial charge in [-0.25, -0.2) is 4.39 Å². The van der Waals surface area contributed by atoms with Crippen molar-refractivity contribution in [3.8, 4) is 0 Å². The summed E-state index contributed by atoms with van der Waals surface area (Å²) in [7, 11) is 0. The Kier molecular flexibility index (Phi) is 4.69. The van der Waals surface area contributed by atoms with Gasteiger partial charge in [-0.1, -0.05) is 28.1 Å². The highest BCUT2D eigenvalue weighted by Gasteiger charge is 2.02. The molecule has 1 N–H and O–H groups in total. The van der Waals surface area contributed by atoms with Gasteiger partial charge >= 0.3 is 0 Å². The minimum Gasteiger partial charge on any atom is -0.322 e. The summed E-state index contributed by atoms with van der Waals surface area (Å²) in [5, 5.41) is 2.72. The maximum absolute atomic E-state index is 13.0. The average Bonchev–Trinajstić information content (AvgIpc) is 2.41. The molecule has 0 aliphatic carbocycles. The summed E-state index contributed by atoms with van der Waals surface area (Å²) in [6.45, 7) is 1.75. The lowest BCUT2D eigenvalue weighted by molar-refractivity contribution is -0.111. The van der Waals surface area contributed by atoms with Crippen LogP contribution in [0.5, 0.6) is 0 Å². The smallest absolute Gasteiger partial charge is 0.248 e. The predicted molar refractivity (Wildman–Crippen MR) is 82.9 cm³/mol. The molecule has 0 radical (unpaired) electrons. The average molecular weight is 334 g/mol. The lowest BCUT2D eigenvalue weighted by Crippen LogP contribution is -2.08. The molecule has 20 heavy (non-hydrogen) atoms. The number of rotatable bonds is 3. The lowest BCUT2D eigenvalue weighted by Gasteiger charge is -2.05. The molecule has 2 aromatic carbocycles. The molecule has 102 valence electrons. The second-order valence-corrected chi connectivity index (χ2v) is 5.25. The molecule has 1 amide bonds. The van der Waals surface area contributed by atoms with Crippen molar-refractivity contribution in [2.24, 2.45) is 0 Å². The number of hydrogen-bond donors (Lipinski definition) is 1. The highest BCUT2D eigenvalue weighted by atomic mass is 79.9. The van der Waals surface area contributed by atoms with Crippen molar-refractivity contribution in [3.63, 3.8) is 0 Å². The van der Waals surface area contributed by atoms with E-state index in [0.717, 1.165) is 10.0 Å². The van der Waals surface area contributed by atoms with Gasteiger partial charge in [0.25, 0.3) is 0 Å². The van der Waals surface area contributed by atoms with Crippen LogP contribution in [0.4, 0.5) is 10.1 Å². The Morgan fingerprint density at radius 1 is 1.20 bits per heavy atom. The van der Waals surface area contributed by atoms with Crippen LogP contribution < -0.4 is 5.32 Å². The molecule has 0 aliphatic rings. The molecule has 2 aromatic rings. The Labute approximate surface area is 125 Å². The van der Waals surface area contributed by atoms with Crippen molar-refractivity contribution in [2.75, 3.05) is 5.32 Å². The van der Waals surface area contributed by atoms with Crippen LogP contribution in [0.25, 0.3) is 6.08 Å². The Balaban J connectivity index is 2.03. The highest BCUT2D eigenvalue weighted by molar-refractivity contribution is 9.10. The largest absolute Gasteiger partial charge is 0.322 e. The molecule has 0 fully saturated rings. The van der Waals surface area contributed by atoms with Gasteiger partial charge < -0.3 is 5.32 Å². The molecule has 0 aromatic heterocycles. The van der Waals surface area contributed by atoms with E-state index in [1.54, 1.807) is 19.1 Å². The van der Waals surface area contributed by atoms with Crippen LogP contribution in [0.1, 0.15) is 11.1 Å². The number of halogens is 2. The van der Waals surface area contributed by atoms with Gasteiger partial charge in [0.2, 0.25) is 5.91 Å². The summed E-state index contributed by atoms with van der Waals surface area (Å²) in [4.78, 5) is 11.8. The Hall–Kier alpha value is -1.94. The Morgan fingerprint density at radius 2 is 1.90 bits per heavy atom. The SMILES string of the molecule is Cc1cc(F)ccc1NC(=O)/C=C/c1ccc(Br)cc1. The summed E-state index contributed by atoms with van der Waals surface area (Å²) >= 11 is 3.35. The molecule has 2 rings (SSSR count). The minimum absolute atomic E-state index is 0.248. The van der Waals surface area contributed by atoms with Crippen molar-refractivity contribution in [2.45, 2.75) is 6.92 Å². The zero-order valence-electron chi connectivity index (χ0n) is 10.9. The van der Waals surface area contributed by atoms with E-state index in [4.69, 9.17) is 0 Å². The first kappa shape index (κ1) is 14.5. The van der Waals surface area contributed by atoms with Crippen LogP contribution in [-0.4, -0.2) is 5.91 Å². The van der Waals surface area contributed by atoms with Crippen molar-refractivity contribution in [3.05, 3.63) is 70.0 Å². The fourth-order valence-electron chi connectivity index (χ4n) is 1.69. The molecule has 0 saturated carbocycles. The van der Waals surface area contributed by atoms with Gasteiger partial charge in [-0.3, -0.25) is 4.79 Å². The number of benzene rings is 2. The van der Waals surface area contributed by atoms with E-state index in [1.165, 1.54) is 18.2 Å². The predicted octanol–water partition coefficient (Wildman–Crippen LogP) is 4.55. The summed E-state index contributed by atoms with van der Waals surface area (Å²) in [5.41, 5.74) is 2.23. The molecule has 0 spiro atoms. The van der Waals surface area contributed by atoms with Crippen molar-refractivity contribution in [1.82, 2.24) is 0 Å². The third-order valence-electron chi connectivity index (χ3n) is 2.74. The number of carbonyl (C=O) groups is 1. The second kappa shape index (κ2) is 6.48. The van der Waals surface area contributed by atoms with E-state index in [1.807, 2.05) is 24.3 Å². The molecule has 0 aliphatic heterocycles. The fraction of sp³-hybridized carbons (Fsp3) is 0.0625. The number of aryl methyl sites for hydroxylation is 1. The van der Waals surface area contributed by atoms with Gasteiger partial charge in [0.1, 0.15) is 5.82 Å². The number of nitrogens with one attached hydrogen (secondary N) is 1. The van der Waals surface area contributed by atoms with Crippen LogP contribution >= 0.6 is 15.9 Å². The molecule has 4 heteroatoms. The maximum atomic E-state index is 13.0. The standard InChI is InChI=1S/C16H13BrFNO/c1-11-10-14(18)7-8-15(11)19-16(20)9-4-12-2-5-13(17)6-3-12/h2-10H,1H3,(H,19,20)/b9-4+. The highest BCUT2D eigenvalue weighted by Crippen LogP contribution is 2.16. The summed E-state index contributed by atoms with van der Waals surface area (Å²) in [6, 6.07) is 11.9. The van der Waals surface area contributed by atoms with Gasteiger partial charge in [-0.15, -0.1) is 0 Å². The van der Waals surface area contributed by atoms with Crippen LogP contribution in [0.3, 0.4) is 0 Å². The van der Waals surface area contributed by atoms with E-state index in [0.29, 0.717) is 11.3 Å². The molecular formula is C16H13BrFNO. The van der Waals surface area contributed by atoms with E-state index < -0.39 is 0 Å². The van der Waals surface area contributed by atoms with E-state index in [-0.39, 0.29) is 11.7 Å². The molecule has 0 unspecified atom stereocenters. The summed E-state index contributed by atoms with van der Waals surface area (Å²) in [5.74, 6) is -0.562. The first-order chi connectivity index (χ1) is 9.54. The van der Waals surface area contributed by atoms with Gasteiger partial charge in [0.15, 0.2) is 0 Å². The van der Waals surface area contributed by atoms with Crippen LogP contribution in [0.15, 0.2) is 53.0 Å². The molecule has 0 bridgehead atoms. The van der Waals surface area contributed by atoms with Gasteiger partial charge in [-0.2, -0.15) is 0 Å². The van der Waals surface area contributed by atoms with E-state index in [9.17, 15) is 9.18 Å². The second-order valence-electron chi connectivity index (χ2n) is 4.33. The number of carbonyl (C=O) groups excluding carboxylic acids is 1. The maximum Gasteiger partial charge on any atom is 0.248 e. The molecule has 2 nitrogen and oxygen atoms in total. The lowest BCUT2D eigenvalue weighted by atomic mass is 10.2. The quantitative estimate of drug-likeness (QED) is 0.820. The number of anilines is 1. The fourth-order valence-corrected chi connectivity index (χ4v) is 1.95. The third kappa shape index (κ3) is 4.03. The monoisotopic (exact) mass is 333 g/mol. The molecular weight excluding hydrogens is 321 g/mol. The normalized spacial score (nSPS) is 10.8. The summed E-state index contributed by atoms with van der Waals surface area (Å²) in [6.07, 6.45) is 3.17. The summed E-state index contributed by atoms with van der Waals surface area (Å²) < 4.78 is 13.9. The van der Waals surface area contributed by atoms with Crippen molar-refractivity contribution >= 4 is 33.6 Å². The molecule has 0 heterocycles. The first-order valence-corrected chi connectivity index (χ1v) is 6.85. The Morgan fingerprint density at radius 3 is 2.55 bits per heavy atom. The first-order valence-electron chi connectivity index (χ1n) is 6.05. The zero-order chi connectivity index (χ0) is 14.5. The van der Waals surface area contributed by atoms with Gasteiger partial charge in [0.05, 0.1) is 0 Å². The van der Waals surface area contributed by atoms with Gasteiger partial charge in [0, 0.05) is 16.2 Å². The Bertz CT molecular complexity index is 650. The van der Waals surface area contributed by atoms with Crippen LogP contribution in [0, 0.1) is 12.7 Å². The topological polar surface area (TPSA) is 29.1 Å². The van der Waals surface area contributed by atoms with Gasteiger partial charge in [-0.05, 0) is 54.5 Å². The molecule has 0 saturated heterocycles.